The van der Waals surface area contributed by atoms with Crippen molar-refractivity contribution >= 4 is 5.91 Å². The van der Waals surface area contributed by atoms with E-state index in [1.807, 2.05) is 6.92 Å². The van der Waals surface area contributed by atoms with E-state index in [1.165, 1.54) is 0 Å². The number of hydrogen-bond donors (Lipinski definition) is 3. The van der Waals surface area contributed by atoms with Crippen LogP contribution in [0.1, 0.15) is 39.5 Å². The topological polar surface area (TPSA) is 75.3 Å². The normalized spacial score (nSPS) is 30.9. The standard InChI is InChI=1S/C11H22N2O2/c1-7(8(2)14)13-10-5-3-9(4-6-10)11(12)15/h7-10,13-14H,3-6H2,1-2H3,(H2,12,15). The largest absolute Gasteiger partial charge is 0.392 e. The molecule has 4 heteroatoms. The molecule has 1 aliphatic carbocycles. The maximum Gasteiger partial charge on any atom is 0.220 e. The highest BCUT2D eigenvalue weighted by Gasteiger charge is 2.25. The number of aliphatic hydroxyl groups excluding tert-OH is 1. The lowest BCUT2D eigenvalue weighted by Gasteiger charge is -2.30. The van der Waals surface area contributed by atoms with Crippen molar-refractivity contribution in [3.8, 4) is 0 Å². The Bertz CT molecular complexity index is 211. The van der Waals surface area contributed by atoms with Gasteiger partial charge in [0.2, 0.25) is 5.91 Å². The Kier molecular flexibility index (Phi) is 4.54. The first-order valence-electron chi connectivity index (χ1n) is 5.74. The van der Waals surface area contributed by atoms with Crippen molar-refractivity contribution in [1.82, 2.24) is 5.32 Å². The second kappa shape index (κ2) is 5.47. The molecule has 0 heterocycles. The highest BCUT2D eigenvalue weighted by atomic mass is 16.3. The summed E-state index contributed by atoms with van der Waals surface area (Å²) < 4.78 is 0. The molecule has 0 radical (unpaired) electrons. The summed E-state index contributed by atoms with van der Waals surface area (Å²) in [7, 11) is 0. The van der Waals surface area contributed by atoms with E-state index in [-0.39, 0.29) is 24.0 Å². The van der Waals surface area contributed by atoms with Crippen LogP contribution in [0.4, 0.5) is 0 Å². The number of rotatable bonds is 4. The molecular weight excluding hydrogens is 192 g/mol. The van der Waals surface area contributed by atoms with Crippen molar-refractivity contribution in [3.63, 3.8) is 0 Å². The van der Waals surface area contributed by atoms with E-state index in [4.69, 9.17) is 5.73 Å². The lowest BCUT2D eigenvalue weighted by Crippen LogP contribution is -2.44. The van der Waals surface area contributed by atoms with Crippen molar-refractivity contribution in [1.29, 1.82) is 0 Å². The maximum atomic E-state index is 11.0. The van der Waals surface area contributed by atoms with Gasteiger partial charge in [-0.3, -0.25) is 4.79 Å². The Hall–Kier alpha value is -0.610. The molecule has 0 bridgehead atoms. The van der Waals surface area contributed by atoms with E-state index in [1.54, 1.807) is 6.92 Å². The average molecular weight is 214 g/mol. The van der Waals surface area contributed by atoms with Gasteiger partial charge in [-0.1, -0.05) is 0 Å². The van der Waals surface area contributed by atoms with E-state index in [0.29, 0.717) is 6.04 Å². The lowest BCUT2D eigenvalue weighted by molar-refractivity contribution is -0.122. The van der Waals surface area contributed by atoms with Gasteiger partial charge in [-0.2, -0.15) is 0 Å². The van der Waals surface area contributed by atoms with Crippen LogP contribution < -0.4 is 11.1 Å². The first-order valence-corrected chi connectivity index (χ1v) is 5.74. The van der Waals surface area contributed by atoms with Gasteiger partial charge in [0.25, 0.3) is 0 Å². The number of nitrogens with two attached hydrogens (primary N) is 1. The highest BCUT2D eigenvalue weighted by Crippen LogP contribution is 2.24. The summed E-state index contributed by atoms with van der Waals surface area (Å²) in [5, 5.41) is 12.7. The molecule has 15 heavy (non-hydrogen) atoms. The quantitative estimate of drug-likeness (QED) is 0.633. The number of amides is 1. The molecule has 4 nitrogen and oxygen atoms in total. The molecule has 0 aromatic rings. The molecule has 1 fully saturated rings. The fourth-order valence-corrected chi connectivity index (χ4v) is 2.06. The number of primary amides is 1. The van der Waals surface area contributed by atoms with Crippen LogP contribution in [-0.2, 0) is 4.79 Å². The number of aliphatic hydroxyl groups is 1. The van der Waals surface area contributed by atoms with Crippen LogP contribution in [0.25, 0.3) is 0 Å². The third kappa shape index (κ3) is 3.80. The molecule has 88 valence electrons. The molecule has 0 aliphatic heterocycles. The second-order valence-corrected chi connectivity index (χ2v) is 4.65. The second-order valence-electron chi connectivity index (χ2n) is 4.65. The first-order chi connectivity index (χ1) is 7.00. The third-order valence-corrected chi connectivity index (χ3v) is 3.35. The van der Waals surface area contributed by atoms with Crippen LogP contribution in [0, 0.1) is 5.92 Å². The molecule has 0 saturated heterocycles. The zero-order valence-corrected chi connectivity index (χ0v) is 9.57. The van der Waals surface area contributed by atoms with E-state index in [2.05, 4.69) is 5.32 Å². The predicted octanol–water partition coefficient (Wildman–Crippen LogP) is 0.389. The minimum absolute atomic E-state index is 0.0601. The van der Waals surface area contributed by atoms with Crippen LogP contribution in [0.2, 0.25) is 0 Å². The number of nitrogens with one attached hydrogen (secondary N) is 1. The molecular formula is C11H22N2O2. The van der Waals surface area contributed by atoms with E-state index in [0.717, 1.165) is 25.7 Å². The van der Waals surface area contributed by atoms with Crippen LogP contribution in [0.5, 0.6) is 0 Å². The molecule has 1 rings (SSSR count). The van der Waals surface area contributed by atoms with Crippen LogP contribution in [-0.4, -0.2) is 29.2 Å². The first kappa shape index (κ1) is 12.5. The minimum atomic E-state index is -0.334. The van der Waals surface area contributed by atoms with E-state index < -0.39 is 0 Å². The summed E-state index contributed by atoms with van der Waals surface area (Å²) >= 11 is 0. The average Bonchev–Trinajstić information content (AvgIpc) is 2.18. The predicted molar refractivity (Wildman–Crippen MR) is 59.2 cm³/mol. The Morgan fingerprint density at radius 2 is 1.87 bits per heavy atom. The molecule has 2 unspecified atom stereocenters. The van der Waals surface area contributed by atoms with Gasteiger partial charge < -0.3 is 16.2 Å². The van der Waals surface area contributed by atoms with Gasteiger partial charge in [0.15, 0.2) is 0 Å². The van der Waals surface area contributed by atoms with Crippen LogP contribution in [0.3, 0.4) is 0 Å². The summed E-state index contributed by atoms with van der Waals surface area (Å²) in [4.78, 5) is 11.0. The Morgan fingerprint density at radius 1 is 1.33 bits per heavy atom. The Morgan fingerprint density at radius 3 is 2.27 bits per heavy atom. The zero-order valence-electron chi connectivity index (χ0n) is 9.57. The molecule has 4 N–H and O–H groups in total. The number of hydrogen-bond acceptors (Lipinski definition) is 3. The molecule has 1 saturated carbocycles. The number of carbonyl (C=O) groups excluding carboxylic acids is 1. The summed E-state index contributed by atoms with van der Waals surface area (Å²) in [5.74, 6) is -0.109. The van der Waals surface area contributed by atoms with Gasteiger partial charge in [0.05, 0.1) is 6.10 Å². The van der Waals surface area contributed by atoms with Gasteiger partial charge in [-0.25, -0.2) is 0 Å². The lowest BCUT2D eigenvalue weighted by atomic mass is 9.85. The molecule has 1 aliphatic rings. The summed E-state index contributed by atoms with van der Waals surface area (Å²) in [6.07, 6.45) is 3.37. The molecule has 0 aromatic carbocycles. The zero-order chi connectivity index (χ0) is 11.4. The summed E-state index contributed by atoms with van der Waals surface area (Å²) in [6.45, 7) is 3.76. The van der Waals surface area contributed by atoms with Crippen LogP contribution >= 0.6 is 0 Å². The third-order valence-electron chi connectivity index (χ3n) is 3.35. The van der Waals surface area contributed by atoms with Crippen molar-refractivity contribution in [2.75, 3.05) is 0 Å². The van der Waals surface area contributed by atoms with Gasteiger partial charge >= 0.3 is 0 Å². The van der Waals surface area contributed by atoms with E-state index in [9.17, 15) is 9.90 Å². The maximum absolute atomic E-state index is 11.0. The molecule has 2 atom stereocenters. The van der Waals surface area contributed by atoms with Gasteiger partial charge in [-0.05, 0) is 39.5 Å². The van der Waals surface area contributed by atoms with Gasteiger partial charge in [-0.15, -0.1) is 0 Å². The Labute approximate surface area is 91.2 Å². The smallest absolute Gasteiger partial charge is 0.220 e. The van der Waals surface area contributed by atoms with E-state index >= 15 is 0 Å². The summed E-state index contributed by atoms with van der Waals surface area (Å²) in [5.41, 5.74) is 5.26. The molecule has 0 spiro atoms. The van der Waals surface area contributed by atoms with Crippen molar-refractivity contribution < 1.29 is 9.90 Å². The molecule has 1 amide bonds. The van der Waals surface area contributed by atoms with Crippen molar-refractivity contribution in [2.24, 2.45) is 11.7 Å². The Balaban J connectivity index is 2.28. The fraction of sp³-hybridized carbons (Fsp3) is 0.909. The summed E-state index contributed by atoms with van der Waals surface area (Å²) in [6, 6.07) is 0.533. The minimum Gasteiger partial charge on any atom is -0.392 e. The van der Waals surface area contributed by atoms with Gasteiger partial charge in [0, 0.05) is 18.0 Å². The fourth-order valence-electron chi connectivity index (χ4n) is 2.06. The monoisotopic (exact) mass is 214 g/mol. The number of carbonyl (C=O) groups is 1. The van der Waals surface area contributed by atoms with Crippen molar-refractivity contribution in [2.45, 2.75) is 57.7 Å². The van der Waals surface area contributed by atoms with Crippen LogP contribution in [0.15, 0.2) is 0 Å². The van der Waals surface area contributed by atoms with Gasteiger partial charge in [0.1, 0.15) is 0 Å². The van der Waals surface area contributed by atoms with Crippen molar-refractivity contribution in [3.05, 3.63) is 0 Å². The molecule has 0 aromatic heterocycles. The highest BCUT2D eigenvalue weighted by molar-refractivity contribution is 5.76. The SMILES string of the molecule is CC(O)C(C)NC1CCC(C(N)=O)CC1.